The van der Waals surface area contributed by atoms with E-state index in [2.05, 4.69) is 20.1 Å². The minimum Gasteiger partial charge on any atom is -0.494 e. The summed E-state index contributed by atoms with van der Waals surface area (Å²) in [6.45, 7) is 17.6. The second kappa shape index (κ2) is 14.3. The van der Waals surface area contributed by atoms with E-state index in [-0.39, 0.29) is 24.3 Å². The first-order valence-electron chi connectivity index (χ1n) is 16.8. The SMILES string of the molecule is C=CCN(C(=O)[C@@H]1[C@H]2C(=O)N(CCCCCO)C(C(=O)N(CC=C)c3c(C)cccc3C)C23CC[C@@]1(C)S3)c1ccc(OCC)cc1. The van der Waals surface area contributed by atoms with Crippen LogP contribution in [0.5, 0.6) is 5.75 Å². The highest BCUT2D eigenvalue weighted by Gasteiger charge is 2.77. The van der Waals surface area contributed by atoms with Crippen molar-refractivity contribution >= 4 is 40.9 Å². The molecule has 5 rings (SSSR count). The maximum absolute atomic E-state index is 15.0. The van der Waals surface area contributed by atoms with Crippen molar-refractivity contribution in [2.75, 3.05) is 42.6 Å². The molecule has 3 heterocycles. The van der Waals surface area contributed by atoms with E-state index in [1.165, 1.54) is 0 Å². The number of carbonyl (C=O) groups is 3. The third kappa shape index (κ3) is 6.13. The van der Waals surface area contributed by atoms with Crippen molar-refractivity contribution in [3.8, 4) is 5.75 Å². The van der Waals surface area contributed by atoms with Crippen molar-refractivity contribution in [1.82, 2.24) is 4.90 Å². The summed E-state index contributed by atoms with van der Waals surface area (Å²) in [5, 5.41) is 9.42. The Bertz CT molecular complexity index is 1490. The molecule has 8 nitrogen and oxygen atoms in total. The number of benzene rings is 2. The van der Waals surface area contributed by atoms with Crippen molar-refractivity contribution in [2.45, 2.75) is 75.3 Å². The summed E-state index contributed by atoms with van der Waals surface area (Å²) in [6, 6.07) is 12.7. The van der Waals surface area contributed by atoms with Crippen LogP contribution >= 0.6 is 11.8 Å². The fourth-order valence-corrected chi connectivity index (χ4v) is 10.5. The van der Waals surface area contributed by atoms with E-state index in [0.29, 0.717) is 45.5 Å². The highest BCUT2D eigenvalue weighted by atomic mass is 32.2. The number of unbranched alkanes of at least 4 members (excludes halogenated alkanes) is 2. The molecule has 9 heteroatoms. The van der Waals surface area contributed by atoms with E-state index in [1.54, 1.807) is 38.6 Å². The number of aliphatic hydroxyl groups excluding tert-OH is 1. The molecule has 3 aliphatic heterocycles. The molecule has 3 saturated heterocycles. The molecule has 3 aliphatic rings. The third-order valence-electron chi connectivity index (χ3n) is 10.2. The third-order valence-corrected chi connectivity index (χ3v) is 12.1. The lowest BCUT2D eigenvalue weighted by Gasteiger charge is -2.38. The molecule has 0 radical (unpaired) electrons. The van der Waals surface area contributed by atoms with E-state index in [4.69, 9.17) is 4.74 Å². The average molecular weight is 660 g/mol. The highest BCUT2D eigenvalue weighted by molar-refractivity contribution is 8.02. The molecular weight excluding hydrogens is 611 g/mol. The van der Waals surface area contributed by atoms with Crippen LogP contribution in [-0.2, 0) is 14.4 Å². The number of rotatable bonds is 15. The number of ether oxygens (including phenoxy) is 1. The Morgan fingerprint density at radius 2 is 1.66 bits per heavy atom. The molecule has 0 aliphatic carbocycles. The Hall–Kier alpha value is -3.56. The predicted octanol–water partition coefficient (Wildman–Crippen LogP) is 6.08. The summed E-state index contributed by atoms with van der Waals surface area (Å²) in [4.78, 5) is 49.9. The molecule has 5 atom stereocenters. The van der Waals surface area contributed by atoms with Gasteiger partial charge in [0.05, 0.1) is 23.2 Å². The number of anilines is 2. The first kappa shape index (κ1) is 34.8. The van der Waals surface area contributed by atoms with Gasteiger partial charge in [0.15, 0.2) is 0 Å². The molecule has 2 unspecified atom stereocenters. The number of amides is 3. The van der Waals surface area contributed by atoms with Crippen LogP contribution in [0.25, 0.3) is 0 Å². The lowest BCUT2D eigenvalue weighted by atomic mass is 9.66. The van der Waals surface area contributed by atoms with E-state index in [1.807, 2.05) is 63.2 Å². The van der Waals surface area contributed by atoms with Crippen LogP contribution in [0.15, 0.2) is 67.8 Å². The molecule has 47 heavy (non-hydrogen) atoms. The van der Waals surface area contributed by atoms with Gasteiger partial charge >= 0.3 is 0 Å². The molecule has 0 saturated carbocycles. The topological polar surface area (TPSA) is 90.4 Å². The molecule has 2 aromatic carbocycles. The van der Waals surface area contributed by atoms with Crippen LogP contribution in [0.2, 0.25) is 0 Å². The standard InChI is InChI=1S/C38H49N3O5S/c1-7-22-39(28-16-18-29(19-17-28)46-9-3)34(43)30-31-35(44)41(24-11-10-12-25-42)33(38(31)21-20-37(30,6)47-38)36(45)40(23-8-2)32-26(4)14-13-15-27(32)5/h7-8,13-19,30-31,33,42H,1-2,9-12,20-25H2,3-6H3/t30-,31-,33?,37+,38?/m0/s1. The Kier molecular flexibility index (Phi) is 10.6. The zero-order valence-electron chi connectivity index (χ0n) is 28.2. The molecule has 2 aromatic rings. The normalized spacial score (nSPS) is 25.9. The number of hydrogen-bond acceptors (Lipinski definition) is 6. The van der Waals surface area contributed by atoms with Crippen molar-refractivity contribution < 1.29 is 24.2 Å². The molecule has 2 bridgehead atoms. The second-order valence-corrected chi connectivity index (χ2v) is 15.1. The van der Waals surface area contributed by atoms with Gasteiger partial charge in [-0.15, -0.1) is 24.9 Å². The first-order chi connectivity index (χ1) is 22.6. The molecule has 0 aromatic heterocycles. The molecule has 3 amide bonds. The van der Waals surface area contributed by atoms with Gasteiger partial charge in [-0.25, -0.2) is 0 Å². The van der Waals surface area contributed by atoms with Crippen molar-refractivity contribution in [1.29, 1.82) is 0 Å². The van der Waals surface area contributed by atoms with E-state index >= 15 is 4.79 Å². The van der Waals surface area contributed by atoms with Crippen LogP contribution in [-0.4, -0.2) is 76.1 Å². The monoisotopic (exact) mass is 659 g/mol. The number of para-hydroxylation sites is 1. The number of aryl methyl sites for hydroxylation is 2. The summed E-state index contributed by atoms with van der Waals surface area (Å²) < 4.78 is 4.38. The van der Waals surface area contributed by atoms with E-state index in [9.17, 15) is 14.7 Å². The van der Waals surface area contributed by atoms with Gasteiger partial charge in [0.25, 0.3) is 5.91 Å². The largest absolute Gasteiger partial charge is 0.494 e. The van der Waals surface area contributed by atoms with Crippen LogP contribution in [0, 0.1) is 25.7 Å². The zero-order valence-corrected chi connectivity index (χ0v) is 29.1. The number of aliphatic hydroxyl groups is 1. The van der Waals surface area contributed by atoms with Crippen LogP contribution < -0.4 is 14.5 Å². The van der Waals surface area contributed by atoms with Gasteiger partial charge in [0, 0.05) is 42.4 Å². The number of carbonyl (C=O) groups excluding carboxylic acids is 3. The molecule has 252 valence electrons. The summed E-state index contributed by atoms with van der Waals surface area (Å²) in [5.74, 6) is -0.877. The maximum Gasteiger partial charge on any atom is 0.251 e. The van der Waals surface area contributed by atoms with Gasteiger partial charge in [-0.3, -0.25) is 14.4 Å². The average Bonchev–Trinajstić information content (AvgIpc) is 3.62. The first-order valence-corrected chi connectivity index (χ1v) is 17.6. The smallest absolute Gasteiger partial charge is 0.251 e. The van der Waals surface area contributed by atoms with Crippen LogP contribution in [0.1, 0.15) is 57.1 Å². The minimum absolute atomic E-state index is 0.0814. The van der Waals surface area contributed by atoms with E-state index < -0.39 is 27.4 Å². The summed E-state index contributed by atoms with van der Waals surface area (Å²) in [6.07, 6.45) is 6.89. The zero-order chi connectivity index (χ0) is 33.9. The predicted molar refractivity (Wildman–Crippen MR) is 190 cm³/mol. The van der Waals surface area contributed by atoms with Crippen LogP contribution in [0.3, 0.4) is 0 Å². The van der Waals surface area contributed by atoms with E-state index in [0.717, 1.165) is 41.1 Å². The fraction of sp³-hybridized carbons (Fsp3) is 0.500. The number of thioether (sulfide) groups is 1. The molecule has 1 N–H and O–H groups in total. The van der Waals surface area contributed by atoms with Gasteiger partial charge < -0.3 is 24.5 Å². The van der Waals surface area contributed by atoms with Crippen molar-refractivity contribution in [3.63, 3.8) is 0 Å². The Balaban J connectivity index is 1.57. The molecule has 1 spiro atoms. The molecular formula is C38H49N3O5S. The second-order valence-electron chi connectivity index (χ2n) is 13.2. The van der Waals surface area contributed by atoms with Crippen molar-refractivity contribution in [2.24, 2.45) is 11.8 Å². The number of likely N-dealkylation sites (tertiary alicyclic amines) is 1. The maximum atomic E-state index is 15.0. The molecule has 3 fully saturated rings. The number of fused-ring (bicyclic) bond motifs is 1. The van der Waals surface area contributed by atoms with Gasteiger partial charge in [-0.1, -0.05) is 30.4 Å². The summed E-state index contributed by atoms with van der Waals surface area (Å²) in [5.41, 5.74) is 3.52. The van der Waals surface area contributed by atoms with Gasteiger partial charge in [-0.05, 0) is 95.2 Å². The summed E-state index contributed by atoms with van der Waals surface area (Å²) in [7, 11) is 0. The van der Waals surface area contributed by atoms with Crippen LogP contribution in [0.4, 0.5) is 11.4 Å². The van der Waals surface area contributed by atoms with Gasteiger partial charge in [0.2, 0.25) is 11.8 Å². The number of hydrogen-bond donors (Lipinski definition) is 1. The quantitative estimate of drug-likeness (QED) is 0.184. The fourth-order valence-electron chi connectivity index (χ4n) is 8.20. The minimum atomic E-state index is -0.741. The lowest BCUT2D eigenvalue weighted by Crippen LogP contribution is -2.55. The lowest BCUT2D eigenvalue weighted by molar-refractivity contribution is -0.139. The summed E-state index contributed by atoms with van der Waals surface area (Å²) >= 11 is 1.69. The Morgan fingerprint density at radius 1 is 1.00 bits per heavy atom. The number of nitrogens with zero attached hydrogens (tertiary/aromatic N) is 3. The Labute approximate surface area is 283 Å². The highest BCUT2D eigenvalue weighted by Crippen LogP contribution is 2.71. The van der Waals surface area contributed by atoms with Gasteiger partial charge in [-0.2, -0.15) is 0 Å². The Morgan fingerprint density at radius 3 is 2.28 bits per heavy atom. The van der Waals surface area contributed by atoms with Gasteiger partial charge in [0.1, 0.15) is 11.8 Å². The van der Waals surface area contributed by atoms with Crippen molar-refractivity contribution in [3.05, 3.63) is 78.9 Å².